The van der Waals surface area contributed by atoms with Crippen LogP contribution in [0.3, 0.4) is 0 Å². The number of amides is 4. The van der Waals surface area contributed by atoms with Gasteiger partial charge < -0.3 is 11.1 Å². The zero-order chi connectivity index (χ0) is 21.5. The average molecular weight is 415 g/mol. The number of nitrogens with two attached hydrogens (primary N) is 1. The summed E-state index contributed by atoms with van der Waals surface area (Å²) in [6.07, 6.45) is 7.28. The number of unbranched alkanes of at least 4 members (excludes halogenated alkanes) is 5. The number of hydrogen-bond acceptors (Lipinski definition) is 6. The number of piperidine rings is 1. The summed E-state index contributed by atoms with van der Waals surface area (Å²) < 4.78 is 0. The molecule has 4 N–H and O–H groups in total. The van der Waals surface area contributed by atoms with E-state index in [1.54, 1.807) is 12.1 Å². The Bertz CT molecular complexity index is 823. The molecule has 3 rings (SSSR count). The fraction of sp³-hybridized carbons (Fsp3) is 0.545. The maximum absolute atomic E-state index is 12.8. The van der Waals surface area contributed by atoms with Crippen molar-refractivity contribution >= 4 is 23.6 Å². The van der Waals surface area contributed by atoms with Gasteiger partial charge in [0.05, 0.1) is 11.1 Å². The van der Waals surface area contributed by atoms with Gasteiger partial charge in [0.1, 0.15) is 6.04 Å². The van der Waals surface area contributed by atoms with Crippen molar-refractivity contribution in [2.75, 3.05) is 13.1 Å². The molecule has 0 aromatic heterocycles. The number of fused-ring (bicyclic) bond motifs is 1. The quantitative estimate of drug-likeness (QED) is 0.372. The van der Waals surface area contributed by atoms with Crippen LogP contribution in [0.5, 0.6) is 0 Å². The van der Waals surface area contributed by atoms with Gasteiger partial charge in [0.25, 0.3) is 11.8 Å². The molecule has 8 heteroatoms. The van der Waals surface area contributed by atoms with Crippen molar-refractivity contribution in [3.63, 3.8) is 0 Å². The van der Waals surface area contributed by atoms with Gasteiger partial charge in [-0.2, -0.15) is 0 Å². The topological polar surface area (TPSA) is 122 Å². The van der Waals surface area contributed by atoms with Crippen LogP contribution in [0.4, 0.5) is 0 Å². The van der Waals surface area contributed by atoms with Gasteiger partial charge in [-0.05, 0) is 50.0 Å². The first-order valence-corrected chi connectivity index (χ1v) is 10.8. The zero-order valence-electron chi connectivity index (χ0n) is 17.2. The lowest BCUT2D eigenvalue weighted by Gasteiger charge is -2.27. The summed E-state index contributed by atoms with van der Waals surface area (Å²) in [6, 6.07) is 4.27. The maximum Gasteiger partial charge on any atom is 0.262 e. The third kappa shape index (κ3) is 5.12. The molecule has 2 heterocycles. The van der Waals surface area contributed by atoms with Gasteiger partial charge in [-0.15, -0.1) is 0 Å². The molecule has 2 aliphatic heterocycles. The van der Waals surface area contributed by atoms with Crippen LogP contribution in [-0.4, -0.2) is 47.7 Å². The lowest BCUT2D eigenvalue weighted by molar-refractivity contribution is -0.136. The first-order valence-electron chi connectivity index (χ1n) is 10.8. The van der Waals surface area contributed by atoms with Crippen LogP contribution in [0.1, 0.15) is 77.6 Å². The van der Waals surface area contributed by atoms with Crippen molar-refractivity contribution in [1.82, 2.24) is 15.5 Å². The molecule has 1 fully saturated rings. The van der Waals surface area contributed by atoms with E-state index in [4.69, 9.17) is 5.73 Å². The molecular weight excluding hydrogens is 384 g/mol. The van der Waals surface area contributed by atoms with Crippen LogP contribution in [0, 0.1) is 0 Å². The second-order valence-corrected chi connectivity index (χ2v) is 7.91. The van der Waals surface area contributed by atoms with Crippen LogP contribution in [0.15, 0.2) is 18.2 Å². The van der Waals surface area contributed by atoms with Gasteiger partial charge in [-0.3, -0.25) is 29.4 Å². The average Bonchev–Trinajstić information content (AvgIpc) is 2.97. The molecule has 0 spiro atoms. The molecule has 0 saturated carbocycles. The van der Waals surface area contributed by atoms with Crippen molar-refractivity contribution in [2.24, 2.45) is 5.73 Å². The molecular formula is C22H30N4O4. The molecule has 0 bridgehead atoms. The van der Waals surface area contributed by atoms with E-state index in [-0.39, 0.29) is 18.7 Å². The molecule has 1 unspecified atom stereocenters. The summed E-state index contributed by atoms with van der Waals surface area (Å²) >= 11 is 0. The Morgan fingerprint density at radius 3 is 2.40 bits per heavy atom. The van der Waals surface area contributed by atoms with E-state index < -0.39 is 23.8 Å². The number of hydrogen-bond donors (Lipinski definition) is 3. The number of nitrogens with one attached hydrogen (secondary N) is 2. The zero-order valence-corrected chi connectivity index (χ0v) is 17.2. The fourth-order valence-electron chi connectivity index (χ4n) is 3.96. The van der Waals surface area contributed by atoms with Crippen LogP contribution < -0.4 is 16.4 Å². The molecule has 0 radical (unpaired) electrons. The minimum atomic E-state index is -0.929. The van der Waals surface area contributed by atoms with Gasteiger partial charge in [0.2, 0.25) is 11.8 Å². The summed E-state index contributed by atoms with van der Waals surface area (Å²) in [5.41, 5.74) is 7.04. The van der Waals surface area contributed by atoms with E-state index in [0.717, 1.165) is 36.4 Å². The fourth-order valence-corrected chi connectivity index (χ4v) is 3.96. The summed E-state index contributed by atoms with van der Waals surface area (Å²) in [4.78, 5) is 50.0. The summed E-state index contributed by atoms with van der Waals surface area (Å²) in [5.74, 6) is -1.91. The monoisotopic (exact) mass is 414 g/mol. The normalized spacial score (nSPS) is 18.7. The first-order chi connectivity index (χ1) is 14.5. The third-order valence-corrected chi connectivity index (χ3v) is 5.64. The number of carbonyl (C=O) groups is 4. The number of rotatable bonds is 11. The Kier molecular flexibility index (Phi) is 7.70. The van der Waals surface area contributed by atoms with Gasteiger partial charge in [-0.1, -0.05) is 31.7 Å². The summed E-state index contributed by atoms with van der Waals surface area (Å²) in [7, 11) is 0. The SMILES string of the molecule is NCCCCCCCCNCc1ccc2c(c1)C(=O)N(C1CCC(=O)NC1=O)C2=O. The second kappa shape index (κ2) is 10.4. The van der Waals surface area contributed by atoms with E-state index in [9.17, 15) is 19.2 Å². The standard InChI is InChI=1S/C22H30N4O4/c23-11-5-3-1-2-4-6-12-24-14-15-7-8-16-17(13-15)22(30)26(21(16)29)18-9-10-19(27)25-20(18)28/h7-8,13,18,24H,1-6,9-12,14,23H2,(H,25,27,28). The van der Waals surface area contributed by atoms with E-state index in [1.807, 2.05) is 6.07 Å². The van der Waals surface area contributed by atoms with Crippen molar-refractivity contribution in [1.29, 1.82) is 0 Å². The predicted molar refractivity (Wildman–Crippen MR) is 112 cm³/mol. The molecule has 30 heavy (non-hydrogen) atoms. The van der Waals surface area contributed by atoms with Crippen molar-refractivity contribution in [3.05, 3.63) is 34.9 Å². The number of imide groups is 2. The van der Waals surface area contributed by atoms with E-state index in [1.165, 1.54) is 25.7 Å². The lowest BCUT2D eigenvalue weighted by Crippen LogP contribution is -2.54. The Balaban J connectivity index is 1.50. The third-order valence-electron chi connectivity index (χ3n) is 5.64. The highest BCUT2D eigenvalue weighted by Gasteiger charge is 2.44. The maximum atomic E-state index is 12.8. The second-order valence-electron chi connectivity index (χ2n) is 7.91. The molecule has 1 atom stereocenters. The highest BCUT2D eigenvalue weighted by Crippen LogP contribution is 2.28. The highest BCUT2D eigenvalue weighted by molar-refractivity contribution is 6.23. The van der Waals surface area contributed by atoms with E-state index >= 15 is 0 Å². The van der Waals surface area contributed by atoms with E-state index in [0.29, 0.717) is 17.7 Å². The smallest absolute Gasteiger partial charge is 0.262 e. The molecule has 2 aliphatic rings. The number of carbonyl (C=O) groups excluding carboxylic acids is 4. The largest absolute Gasteiger partial charge is 0.330 e. The van der Waals surface area contributed by atoms with E-state index in [2.05, 4.69) is 10.6 Å². The molecule has 1 aromatic rings. The summed E-state index contributed by atoms with van der Waals surface area (Å²) in [6.45, 7) is 2.27. The summed E-state index contributed by atoms with van der Waals surface area (Å²) in [5, 5.41) is 5.58. The van der Waals surface area contributed by atoms with Gasteiger partial charge in [0, 0.05) is 13.0 Å². The Hall–Kier alpha value is -2.58. The van der Waals surface area contributed by atoms with Crippen molar-refractivity contribution < 1.29 is 19.2 Å². The molecule has 8 nitrogen and oxygen atoms in total. The molecule has 0 aliphatic carbocycles. The first kappa shape index (κ1) is 22.1. The molecule has 4 amide bonds. The van der Waals surface area contributed by atoms with Gasteiger partial charge in [-0.25, -0.2) is 0 Å². The predicted octanol–water partition coefficient (Wildman–Crippen LogP) is 1.48. The molecule has 162 valence electrons. The molecule has 1 saturated heterocycles. The van der Waals surface area contributed by atoms with Crippen molar-refractivity contribution in [2.45, 2.75) is 64.0 Å². The lowest BCUT2D eigenvalue weighted by atomic mass is 10.0. The Morgan fingerprint density at radius 2 is 1.67 bits per heavy atom. The van der Waals surface area contributed by atoms with Crippen LogP contribution in [-0.2, 0) is 16.1 Å². The van der Waals surface area contributed by atoms with Crippen molar-refractivity contribution in [3.8, 4) is 0 Å². The van der Waals surface area contributed by atoms with Gasteiger partial charge in [0.15, 0.2) is 0 Å². The van der Waals surface area contributed by atoms with Crippen LogP contribution in [0.2, 0.25) is 0 Å². The van der Waals surface area contributed by atoms with Crippen LogP contribution in [0.25, 0.3) is 0 Å². The Morgan fingerprint density at radius 1 is 0.967 bits per heavy atom. The van der Waals surface area contributed by atoms with Gasteiger partial charge >= 0.3 is 0 Å². The minimum absolute atomic E-state index is 0.117. The number of benzene rings is 1. The minimum Gasteiger partial charge on any atom is -0.330 e. The van der Waals surface area contributed by atoms with Crippen LogP contribution >= 0.6 is 0 Å². The highest BCUT2D eigenvalue weighted by atomic mass is 16.2. The number of nitrogens with zero attached hydrogens (tertiary/aromatic N) is 1. The Labute approximate surface area is 176 Å². The molecule has 1 aromatic carbocycles.